The molecule has 0 unspecified atom stereocenters. The number of allylic oxidation sites excluding steroid dienone is 1. The first kappa shape index (κ1) is 19.3. The molecule has 0 bridgehead atoms. The van der Waals surface area contributed by atoms with Crippen LogP contribution in [0.1, 0.15) is 11.1 Å². The molecule has 0 amide bonds. The van der Waals surface area contributed by atoms with Crippen molar-refractivity contribution in [1.29, 1.82) is 5.26 Å². The Balaban J connectivity index is 2.47. The van der Waals surface area contributed by atoms with Crippen LogP contribution in [-0.4, -0.2) is 29.7 Å². The van der Waals surface area contributed by atoms with Gasteiger partial charge in [-0.2, -0.15) is 5.26 Å². The van der Waals surface area contributed by atoms with Crippen molar-refractivity contribution in [2.24, 2.45) is 0 Å². The van der Waals surface area contributed by atoms with E-state index in [1.54, 1.807) is 48.5 Å². The average Bonchev–Trinajstić information content (AvgIpc) is 2.65. The van der Waals surface area contributed by atoms with Crippen LogP contribution in [0.3, 0.4) is 0 Å². The SMILES string of the molecule is COc1cc(/C=C(/C#N)S(=O)(=O)Cc2ccccc2)cc(OC)c1OC. The first-order valence-corrected chi connectivity index (χ1v) is 9.29. The minimum absolute atomic E-state index is 0.252. The smallest absolute Gasteiger partial charge is 0.203 e. The van der Waals surface area contributed by atoms with Crippen molar-refractivity contribution < 1.29 is 22.6 Å². The Hall–Kier alpha value is -2.98. The maximum absolute atomic E-state index is 12.6. The topological polar surface area (TPSA) is 85.6 Å². The summed E-state index contributed by atoms with van der Waals surface area (Å²) in [5.74, 6) is 0.877. The number of methoxy groups -OCH3 is 3. The number of nitrogens with zero attached hydrogens (tertiary/aromatic N) is 1. The molecule has 0 saturated carbocycles. The van der Waals surface area contributed by atoms with Crippen LogP contribution >= 0.6 is 0 Å². The molecular weight excluding hydrogens is 354 g/mol. The van der Waals surface area contributed by atoms with Crippen LogP contribution < -0.4 is 14.2 Å². The summed E-state index contributed by atoms with van der Waals surface area (Å²) < 4.78 is 40.9. The first-order valence-electron chi connectivity index (χ1n) is 7.63. The molecule has 2 aromatic rings. The monoisotopic (exact) mass is 373 g/mol. The van der Waals surface area contributed by atoms with Gasteiger partial charge in [-0.1, -0.05) is 30.3 Å². The van der Waals surface area contributed by atoms with Crippen LogP contribution in [0.5, 0.6) is 17.2 Å². The number of benzene rings is 2. The van der Waals surface area contributed by atoms with Gasteiger partial charge in [0.1, 0.15) is 11.0 Å². The van der Waals surface area contributed by atoms with Crippen LogP contribution in [0.25, 0.3) is 6.08 Å². The van der Waals surface area contributed by atoms with Gasteiger partial charge in [-0.3, -0.25) is 0 Å². The van der Waals surface area contributed by atoms with Gasteiger partial charge in [0.25, 0.3) is 0 Å². The number of hydrogen-bond acceptors (Lipinski definition) is 6. The standard InChI is InChI=1S/C19H19NO5S/c1-23-17-10-15(11-18(24-2)19(17)25-3)9-16(12-20)26(21,22)13-14-7-5-4-6-8-14/h4-11H,13H2,1-3H3/b16-9-. The molecule has 26 heavy (non-hydrogen) atoms. The van der Waals surface area contributed by atoms with Crippen LogP contribution in [0.2, 0.25) is 0 Å². The van der Waals surface area contributed by atoms with Crippen LogP contribution in [0.4, 0.5) is 0 Å². The minimum atomic E-state index is -3.79. The molecule has 0 heterocycles. The quantitative estimate of drug-likeness (QED) is 0.693. The van der Waals surface area contributed by atoms with Crippen molar-refractivity contribution in [2.75, 3.05) is 21.3 Å². The highest BCUT2D eigenvalue weighted by Crippen LogP contribution is 2.38. The Kier molecular flexibility index (Phi) is 6.26. The zero-order chi connectivity index (χ0) is 19.2. The van der Waals surface area contributed by atoms with Crippen molar-refractivity contribution in [3.8, 4) is 23.3 Å². The third-order valence-electron chi connectivity index (χ3n) is 3.63. The fourth-order valence-electron chi connectivity index (χ4n) is 2.40. The van der Waals surface area contributed by atoms with Crippen molar-refractivity contribution in [2.45, 2.75) is 5.75 Å². The summed E-state index contributed by atoms with van der Waals surface area (Å²) in [4.78, 5) is -0.337. The Labute approximate surface area is 153 Å². The van der Waals surface area contributed by atoms with E-state index in [4.69, 9.17) is 14.2 Å². The Morgan fingerprint density at radius 1 is 1.04 bits per heavy atom. The molecule has 2 rings (SSSR count). The van der Waals surface area contributed by atoms with Gasteiger partial charge in [0.15, 0.2) is 21.3 Å². The molecule has 0 aliphatic rings. The largest absolute Gasteiger partial charge is 0.493 e. The summed E-state index contributed by atoms with van der Waals surface area (Å²) in [6.07, 6.45) is 1.29. The lowest BCUT2D eigenvalue weighted by Crippen LogP contribution is -2.06. The molecule has 0 fully saturated rings. The second-order valence-corrected chi connectivity index (χ2v) is 7.28. The zero-order valence-electron chi connectivity index (χ0n) is 14.7. The van der Waals surface area contributed by atoms with Crippen LogP contribution in [0.15, 0.2) is 47.4 Å². The van der Waals surface area contributed by atoms with E-state index in [1.165, 1.54) is 27.4 Å². The summed E-state index contributed by atoms with van der Waals surface area (Å²) in [5.41, 5.74) is 1.06. The molecule has 7 heteroatoms. The van der Waals surface area contributed by atoms with E-state index in [9.17, 15) is 13.7 Å². The fraction of sp³-hybridized carbons (Fsp3) is 0.211. The van der Waals surface area contributed by atoms with E-state index in [2.05, 4.69) is 0 Å². The molecule has 0 N–H and O–H groups in total. The molecular formula is C19H19NO5S. The van der Waals surface area contributed by atoms with E-state index in [0.717, 1.165) is 0 Å². The van der Waals surface area contributed by atoms with Crippen molar-refractivity contribution >= 4 is 15.9 Å². The summed E-state index contributed by atoms with van der Waals surface area (Å²) >= 11 is 0. The van der Waals surface area contributed by atoms with Gasteiger partial charge in [0.2, 0.25) is 5.75 Å². The highest BCUT2D eigenvalue weighted by Gasteiger charge is 2.20. The van der Waals surface area contributed by atoms with Crippen molar-refractivity contribution in [3.05, 3.63) is 58.5 Å². The predicted octanol–water partition coefficient (Wildman–Crippen LogP) is 3.19. The maximum atomic E-state index is 12.6. The van der Waals surface area contributed by atoms with E-state index in [-0.39, 0.29) is 10.7 Å². The lowest BCUT2D eigenvalue weighted by Gasteiger charge is -2.13. The zero-order valence-corrected chi connectivity index (χ0v) is 15.5. The summed E-state index contributed by atoms with van der Waals surface area (Å²) in [6, 6.07) is 13.6. The highest BCUT2D eigenvalue weighted by atomic mass is 32.2. The minimum Gasteiger partial charge on any atom is -0.493 e. The van der Waals surface area contributed by atoms with E-state index in [0.29, 0.717) is 28.4 Å². The van der Waals surface area contributed by atoms with Gasteiger partial charge in [0.05, 0.1) is 27.1 Å². The molecule has 0 saturated heterocycles. The van der Waals surface area contributed by atoms with Crippen molar-refractivity contribution in [3.63, 3.8) is 0 Å². The number of rotatable bonds is 7. The number of sulfone groups is 1. The molecule has 0 atom stereocenters. The van der Waals surface area contributed by atoms with E-state index in [1.807, 2.05) is 0 Å². The second kappa shape index (κ2) is 8.41. The molecule has 136 valence electrons. The fourth-order valence-corrected chi connectivity index (χ4v) is 3.64. The Bertz CT molecular complexity index is 919. The van der Waals surface area contributed by atoms with Gasteiger partial charge in [-0.15, -0.1) is 0 Å². The number of nitriles is 1. The molecule has 0 aromatic heterocycles. The lowest BCUT2D eigenvalue weighted by molar-refractivity contribution is 0.324. The highest BCUT2D eigenvalue weighted by molar-refractivity contribution is 7.95. The Morgan fingerprint density at radius 3 is 2.08 bits per heavy atom. The van der Waals surface area contributed by atoms with E-state index < -0.39 is 9.84 Å². The maximum Gasteiger partial charge on any atom is 0.203 e. The third kappa shape index (κ3) is 4.35. The summed E-state index contributed by atoms with van der Waals surface area (Å²) in [6.45, 7) is 0. The first-order chi connectivity index (χ1) is 12.4. The number of hydrogen-bond donors (Lipinski definition) is 0. The van der Waals surface area contributed by atoms with Gasteiger partial charge >= 0.3 is 0 Å². The molecule has 0 aliphatic heterocycles. The van der Waals surface area contributed by atoms with Gasteiger partial charge in [0, 0.05) is 0 Å². The molecule has 0 spiro atoms. The summed E-state index contributed by atoms with van der Waals surface area (Å²) in [7, 11) is 0.603. The molecule has 0 radical (unpaired) electrons. The van der Waals surface area contributed by atoms with Crippen LogP contribution in [-0.2, 0) is 15.6 Å². The van der Waals surface area contributed by atoms with Gasteiger partial charge in [-0.05, 0) is 29.3 Å². The third-order valence-corrected chi connectivity index (χ3v) is 5.22. The van der Waals surface area contributed by atoms with Crippen molar-refractivity contribution in [1.82, 2.24) is 0 Å². The molecule has 0 aliphatic carbocycles. The van der Waals surface area contributed by atoms with Gasteiger partial charge < -0.3 is 14.2 Å². The Morgan fingerprint density at radius 2 is 1.62 bits per heavy atom. The average molecular weight is 373 g/mol. The molecule has 2 aromatic carbocycles. The summed E-state index contributed by atoms with van der Waals surface area (Å²) in [5, 5.41) is 9.37. The lowest BCUT2D eigenvalue weighted by atomic mass is 10.1. The van der Waals surface area contributed by atoms with Crippen LogP contribution in [0, 0.1) is 11.3 Å². The number of ether oxygens (including phenoxy) is 3. The van der Waals surface area contributed by atoms with E-state index >= 15 is 0 Å². The normalized spacial score (nSPS) is 11.5. The second-order valence-electron chi connectivity index (χ2n) is 5.32. The predicted molar refractivity (Wildman–Crippen MR) is 98.8 cm³/mol. The van der Waals surface area contributed by atoms with Gasteiger partial charge in [-0.25, -0.2) is 8.42 Å². The molecule has 6 nitrogen and oxygen atoms in total.